The lowest BCUT2D eigenvalue weighted by Gasteiger charge is -2.12. The van der Waals surface area contributed by atoms with Gasteiger partial charge in [-0.1, -0.05) is 95.2 Å². The largest absolute Gasteiger partial charge is 0.369 e. The molecule has 1 aliphatic rings. The van der Waals surface area contributed by atoms with Crippen LogP contribution in [-0.4, -0.2) is 24.3 Å². The zero-order valence-corrected chi connectivity index (χ0v) is 17.9. The summed E-state index contributed by atoms with van der Waals surface area (Å²) in [5.41, 5.74) is 20.5. The Hall–Kier alpha value is -4.02. The Morgan fingerprint density at radius 3 is 1.48 bits per heavy atom. The molecule has 0 saturated carbocycles. The third-order valence-electron chi connectivity index (χ3n) is 6.24. The molecule has 4 aromatic rings. The van der Waals surface area contributed by atoms with Crippen LogP contribution < -0.4 is 0 Å². The van der Waals surface area contributed by atoms with E-state index >= 15 is 0 Å². The molecule has 0 unspecified atom stereocenters. The zero-order chi connectivity index (χ0) is 22.6. The molecule has 4 atom stereocenters. The number of hydrogen-bond acceptors (Lipinski definition) is 3. The summed E-state index contributed by atoms with van der Waals surface area (Å²) in [5.74, 6) is 0. The summed E-state index contributed by atoms with van der Waals surface area (Å²) in [5, 5.41) is 12.7. The Balaban J connectivity index is 1.33. The summed E-state index contributed by atoms with van der Waals surface area (Å²) in [6.45, 7) is 0. The van der Waals surface area contributed by atoms with Crippen LogP contribution in [0.1, 0.15) is 11.1 Å². The SMILES string of the molecule is [N-]=[N+]=N[C@@H](Cc1ccc2ccccc2c1)[C@@H]1O[C@@H]1[C@H](Cc1ccc2ccccc2c1)N=[N+]=[N-]. The number of ether oxygens (including phenoxy) is 1. The lowest BCUT2D eigenvalue weighted by Crippen LogP contribution is -2.24. The van der Waals surface area contributed by atoms with Crippen LogP contribution in [-0.2, 0) is 17.6 Å². The van der Waals surface area contributed by atoms with Gasteiger partial charge in [-0.3, -0.25) is 0 Å². The second kappa shape index (κ2) is 9.23. The molecule has 1 heterocycles. The number of nitrogens with zero attached hydrogens (tertiary/aromatic N) is 6. The van der Waals surface area contributed by atoms with Crippen LogP contribution in [0.4, 0.5) is 0 Å². The van der Waals surface area contributed by atoms with E-state index in [2.05, 4.69) is 80.7 Å². The number of azide groups is 2. The van der Waals surface area contributed by atoms with Gasteiger partial charge >= 0.3 is 0 Å². The van der Waals surface area contributed by atoms with Gasteiger partial charge in [0.1, 0.15) is 0 Å². The highest BCUT2D eigenvalue weighted by Crippen LogP contribution is 2.35. The third-order valence-corrected chi connectivity index (χ3v) is 6.24. The van der Waals surface area contributed by atoms with Crippen LogP contribution in [0.15, 0.2) is 95.2 Å². The van der Waals surface area contributed by atoms with Crippen LogP contribution in [0, 0.1) is 0 Å². The van der Waals surface area contributed by atoms with Gasteiger partial charge in [0.05, 0.1) is 24.3 Å². The van der Waals surface area contributed by atoms with E-state index in [1.54, 1.807) is 0 Å². The van der Waals surface area contributed by atoms with Crippen molar-refractivity contribution in [3.8, 4) is 0 Å². The van der Waals surface area contributed by atoms with E-state index < -0.39 is 0 Å². The van der Waals surface area contributed by atoms with E-state index in [1.807, 2.05) is 24.3 Å². The summed E-state index contributed by atoms with van der Waals surface area (Å²) >= 11 is 0. The Bertz CT molecular complexity index is 1300. The molecule has 7 heteroatoms. The van der Waals surface area contributed by atoms with Gasteiger partial charge in [0.15, 0.2) is 0 Å². The first-order valence-electron chi connectivity index (χ1n) is 10.9. The number of rotatable bonds is 8. The molecule has 7 nitrogen and oxygen atoms in total. The highest BCUT2D eigenvalue weighted by molar-refractivity contribution is 5.83. The molecule has 4 aromatic carbocycles. The van der Waals surface area contributed by atoms with Crippen molar-refractivity contribution in [2.45, 2.75) is 37.1 Å². The predicted octanol–water partition coefficient (Wildman–Crippen LogP) is 6.90. The minimum absolute atomic E-state index is 0.275. The van der Waals surface area contributed by atoms with Gasteiger partial charge in [0.2, 0.25) is 0 Å². The van der Waals surface area contributed by atoms with Crippen LogP contribution in [0.5, 0.6) is 0 Å². The number of hydrogen-bond donors (Lipinski definition) is 0. The zero-order valence-electron chi connectivity index (χ0n) is 17.9. The molecule has 1 aliphatic heterocycles. The van der Waals surface area contributed by atoms with Gasteiger partial charge in [-0.05, 0) is 56.6 Å². The maximum atomic E-state index is 9.15. The van der Waals surface area contributed by atoms with E-state index in [0.717, 1.165) is 21.9 Å². The number of benzene rings is 4. The van der Waals surface area contributed by atoms with E-state index in [9.17, 15) is 0 Å². The van der Waals surface area contributed by atoms with Crippen molar-refractivity contribution in [3.63, 3.8) is 0 Å². The van der Waals surface area contributed by atoms with Crippen LogP contribution in [0.3, 0.4) is 0 Å². The first kappa shape index (κ1) is 20.9. The van der Waals surface area contributed by atoms with Crippen LogP contribution in [0.2, 0.25) is 0 Å². The smallest absolute Gasteiger partial charge is 0.0934 e. The van der Waals surface area contributed by atoms with E-state index in [0.29, 0.717) is 12.8 Å². The molecule has 0 aliphatic carbocycles. The highest BCUT2D eigenvalue weighted by Gasteiger charge is 2.48. The summed E-state index contributed by atoms with van der Waals surface area (Å²) in [7, 11) is 0. The van der Waals surface area contributed by atoms with Gasteiger partial charge in [-0.15, -0.1) is 0 Å². The highest BCUT2D eigenvalue weighted by atomic mass is 16.6. The van der Waals surface area contributed by atoms with E-state index in [4.69, 9.17) is 15.8 Å². The normalized spacial score (nSPS) is 18.8. The molecule has 0 radical (unpaired) electrons. The van der Waals surface area contributed by atoms with Crippen LogP contribution in [0.25, 0.3) is 42.4 Å². The van der Waals surface area contributed by atoms with E-state index in [1.165, 1.54) is 10.8 Å². The molecular weight excluding hydrogens is 412 g/mol. The average Bonchev–Trinajstić information content (AvgIpc) is 3.64. The molecule has 0 N–H and O–H groups in total. The lowest BCUT2D eigenvalue weighted by atomic mass is 9.95. The van der Waals surface area contributed by atoms with Crippen molar-refractivity contribution in [1.29, 1.82) is 0 Å². The molecule has 0 aromatic heterocycles. The maximum absolute atomic E-state index is 9.15. The van der Waals surface area contributed by atoms with Crippen LogP contribution >= 0.6 is 0 Å². The Morgan fingerprint density at radius 2 is 1.06 bits per heavy atom. The fraction of sp³-hybridized carbons (Fsp3) is 0.231. The van der Waals surface area contributed by atoms with Crippen molar-refractivity contribution in [3.05, 3.63) is 117 Å². The molecule has 1 fully saturated rings. The Labute approximate surface area is 190 Å². The van der Waals surface area contributed by atoms with Gasteiger partial charge < -0.3 is 4.74 Å². The fourth-order valence-electron chi connectivity index (χ4n) is 4.55. The monoisotopic (exact) mass is 434 g/mol. The minimum Gasteiger partial charge on any atom is -0.369 e. The lowest BCUT2D eigenvalue weighted by molar-refractivity contribution is 0.330. The van der Waals surface area contributed by atoms with Gasteiger partial charge in [0.25, 0.3) is 0 Å². The Morgan fingerprint density at radius 1 is 0.636 bits per heavy atom. The van der Waals surface area contributed by atoms with Crippen molar-refractivity contribution in [1.82, 2.24) is 0 Å². The minimum atomic E-state index is -0.367. The summed E-state index contributed by atoms with van der Waals surface area (Å²) < 4.78 is 5.94. The van der Waals surface area contributed by atoms with E-state index in [-0.39, 0.29) is 24.3 Å². The molecular formula is C26H22N6O. The summed E-state index contributed by atoms with van der Waals surface area (Å²) in [6.07, 6.45) is 0.580. The molecule has 1 saturated heterocycles. The summed E-state index contributed by atoms with van der Waals surface area (Å²) in [4.78, 5) is 6.11. The second-order valence-corrected chi connectivity index (χ2v) is 8.38. The fourth-order valence-corrected chi connectivity index (χ4v) is 4.55. The predicted molar refractivity (Wildman–Crippen MR) is 130 cm³/mol. The first-order valence-corrected chi connectivity index (χ1v) is 10.9. The number of epoxide rings is 1. The molecule has 5 rings (SSSR count). The molecule has 0 spiro atoms. The molecule has 0 bridgehead atoms. The first-order chi connectivity index (χ1) is 16.2. The van der Waals surface area contributed by atoms with Gasteiger partial charge in [-0.25, -0.2) is 0 Å². The third kappa shape index (κ3) is 4.61. The van der Waals surface area contributed by atoms with Crippen molar-refractivity contribution >= 4 is 21.5 Å². The van der Waals surface area contributed by atoms with Gasteiger partial charge in [-0.2, -0.15) is 0 Å². The van der Waals surface area contributed by atoms with Crippen molar-refractivity contribution < 1.29 is 4.74 Å². The second-order valence-electron chi connectivity index (χ2n) is 8.38. The topological polar surface area (TPSA) is 110 Å². The summed E-state index contributed by atoms with van der Waals surface area (Å²) in [6, 6.07) is 28.1. The van der Waals surface area contributed by atoms with Crippen molar-refractivity contribution in [2.24, 2.45) is 10.2 Å². The molecule has 33 heavy (non-hydrogen) atoms. The van der Waals surface area contributed by atoms with Gasteiger partial charge in [0, 0.05) is 9.82 Å². The quantitative estimate of drug-likeness (QED) is 0.128. The average molecular weight is 435 g/mol. The molecule has 0 amide bonds. The number of fused-ring (bicyclic) bond motifs is 2. The van der Waals surface area contributed by atoms with Crippen molar-refractivity contribution in [2.75, 3.05) is 0 Å². The standard InChI is InChI=1S/C26H22N6O/c27-31-29-23(15-17-9-11-19-5-1-3-7-21(19)13-17)25-26(33-25)24(30-32-28)16-18-10-12-20-6-2-4-8-22(20)14-18/h1-14,23-26H,15-16H2/t23-,24-,25-,26+/m0/s1. The maximum Gasteiger partial charge on any atom is 0.0934 e. The molecule has 162 valence electrons. The Kier molecular flexibility index (Phi) is 5.83.